The van der Waals surface area contributed by atoms with Crippen LogP contribution >= 0.6 is 0 Å². The van der Waals surface area contributed by atoms with Crippen LogP contribution in [-0.2, 0) is 25.5 Å². The van der Waals surface area contributed by atoms with Crippen molar-refractivity contribution in [3.63, 3.8) is 0 Å². The zero-order chi connectivity index (χ0) is 22.0. The lowest BCUT2D eigenvalue weighted by atomic mass is 9.96. The van der Waals surface area contributed by atoms with Gasteiger partial charge in [-0.1, -0.05) is 50.3 Å². The molecular formula is C25H31NO4. The minimum Gasteiger partial charge on any atom is -0.465 e. The highest BCUT2D eigenvalue weighted by atomic mass is 16.5. The van der Waals surface area contributed by atoms with Crippen molar-refractivity contribution in [3.05, 3.63) is 71.1 Å². The molecule has 160 valence electrons. The second kappa shape index (κ2) is 11.4. The molecule has 30 heavy (non-hydrogen) atoms. The first kappa shape index (κ1) is 23.5. The third-order valence-corrected chi connectivity index (χ3v) is 4.36. The molecular weight excluding hydrogens is 378 g/mol. The minimum absolute atomic E-state index is 0.181. The minimum atomic E-state index is -0.487. The van der Waals surface area contributed by atoms with E-state index >= 15 is 0 Å². The Bertz CT molecular complexity index is 854. The number of Topliss-reactive ketones (excluding diaryl/α,β-unsaturated/α-hetero) is 1. The van der Waals surface area contributed by atoms with Crippen molar-refractivity contribution in [1.82, 2.24) is 4.98 Å². The molecule has 2 aromatic rings. The lowest BCUT2D eigenvalue weighted by Gasteiger charge is -2.24. The smallest absolute Gasteiger partial charge is 0.313 e. The van der Waals surface area contributed by atoms with Gasteiger partial charge in [-0.3, -0.25) is 14.6 Å². The number of rotatable bonds is 11. The molecule has 1 aromatic heterocycles. The van der Waals surface area contributed by atoms with E-state index in [2.05, 4.69) is 41.4 Å². The van der Waals surface area contributed by atoms with Gasteiger partial charge in [0.25, 0.3) is 0 Å². The van der Waals surface area contributed by atoms with Crippen LogP contribution < -0.4 is 0 Å². The standard InChI is InChI=1S/C25H31NO4/c1-19(16-29-17-25(3,4)18-30-24(28)13-20(2)27)12-21-7-9-22(10-8-21)14-23-6-5-11-26-15-23/h5-12,15H,13-14,16-18H2,1-4H3/b19-12+. The molecule has 1 heterocycles. The Hall–Kier alpha value is -2.79. The van der Waals surface area contributed by atoms with Crippen LogP contribution in [-0.4, -0.2) is 36.6 Å². The Morgan fingerprint density at radius 3 is 2.40 bits per heavy atom. The Morgan fingerprint density at radius 2 is 1.77 bits per heavy atom. The van der Waals surface area contributed by atoms with Crippen LogP contribution in [0.15, 0.2) is 54.4 Å². The van der Waals surface area contributed by atoms with Crippen LogP contribution in [0.3, 0.4) is 0 Å². The lowest BCUT2D eigenvalue weighted by molar-refractivity contribution is -0.149. The molecule has 0 saturated heterocycles. The number of esters is 1. The summed E-state index contributed by atoms with van der Waals surface area (Å²) in [6.07, 6.45) is 6.46. The Kier molecular flexibility index (Phi) is 8.93. The average molecular weight is 410 g/mol. The summed E-state index contributed by atoms with van der Waals surface area (Å²) < 4.78 is 11.0. The molecule has 0 N–H and O–H groups in total. The van der Waals surface area contributed by atoms with Gasteiger partial charge in [0.15, 0.2) is 0 Å². The topological polar surface area (TPSA) is 65.5 Å². The van der Waals surface area contributed by atoms with Crippen LogP contribution in [0.5, 0.6) is 0 Å². The first-order chi connectivity index (χ1) is 14.2. The molecule has 0 radical (unpaired) electrons. The predicted molar refractivity (Wildman–Crippen MR) is 118 cm³/mol. The summed E-state index contributed by atoms with van der Waals surface area (Å²) >= 11 is 0. The van der Waals surface area contributed by atoms with Crippen LogP contribution in [0.25, 0.3) is 6.08 Å². The number of ether oxygens (including phenoxy) is 2. The monoisotopic (exact) mass is 409 g/mol. The molecule has 1 aromatic carbocycles. The molecule has 0 saturated carbocycles. The fourth-order valence-electron chi connectivity index (χ4n) is 2.86. The summed E-state index contributed by atoms with van der Waals surface area (Å²) in [6.45, 7) is 8.52. The van der Waals surface area contributed by atoms with Gasteiger partial charge in [-0.2, -0.15) is 0 Å². The van der Waals surface area contributed by atoms with Gasteiger partial charge >= 0.3 is 5.97 Å². The normalized spacial score (nSPS) is 11.9. The van der Waals surface area contributed by atoms with Crippen molar-refractivity contribution in [2.75, 3.05) is 19.8 Å². The van der Waals surface area contributed by atoms with Gasteiger partial charge in [0.1, 0.15) is 12.2 Å². The maximum absolute atomic E-state index is 11.5. The molecule has 0 aliphatic carbocycles. The fourth-order valence-corrected chi connectivity index (χ4v) is 2.86. The van der Waals surface area contributed by atoms with Crippen molar-refractivity contribution in [3.8, 4) is 0 Å². The van der Waals surface area contributed by atoms with Crippen molar-refractivity contribution in [2.45, 2.75) is 40.5 Å². The predicted octanol–water partition coefficient (Wildman–Crippen LogP) is 4.64. The number of pyridine rings is 1. The third-order valence-electron chi connectivity index (χ3n) is 4.36. The highest BCUT2D eigenvalue weighted by molar-refractivity contribution is 5.94. The van der Waals surface area contributed by atoms with Crippen LogP contribution in [0.1, 0.15) is 50.8 Å². The van der Waals surface area contributed by atoms with E-state index < -0.39 is 5.97 Å². The van der Waals surface area contributed by atoms with E-state index in [1.54, 1.807) is 6.20 Å². The average Bonchev–Trinajstić information content (AvgIpc) is 2.68. The summed E-state index contributed by atoms with van der Waals surface area (Å²) in [5.74, 6) is -0.682. The van der Waals surface area contributed by atoms with Gasteiger partial charge < -0.3 is 9.47 Å². The molecule has 5 heteroatoms. The van der Waals surface area contributed by atoms with E-state index in [-0.39, 0.29) is 24.2 Å². The SMILES string of the molecule is CC(=O)CC(=O)OCC(C)(C)COC/C(C)=C/c1ccc(Cc2cccnc2)cc1. The lowest BCUT2D eigenvalue weighted by Crippen LogP contribution is -2.28. The number of hydrogen-bond donors (Lipinski definition) is 0. The summed E-state index contributed by atoms with van der Waals surface area (Å²) in [5.41, 5.74) is 4.36. The Morgan fingerprint density at radius 1 is 1.03 bits per heavy atom. The highest BCUT2D eigenvalue weighted by Crippen LogP contribution is 2.18. The molecule has 0 bridgehead atoms. The van der Waals surface area contributed by atoms with Crippen molar-refractivity contribution in [2.24, 2.45) is 5.41 Å². The molecule has 0 spiro atoms. The van der Waals surface area contributed by atoms with Crippen molar-refractivity contribution in [1.29, 1.82) is 0 Å². The number of carbonyl (C=O) groups is 2. The van der Waals surface area contributed by atoms with Gasteiger partial charge in [-0.25, -0.2) is 0 Å². The highest BCUT2D eigenvalue weighted by Gasteiger charge is 2.21. The number of nitrogens with zero attached hydrogens (tertiary/aromatic N) is 1. The second-order valence-corrected chi connectivity index (χ2v) is 8.47. The van der Waals surface area contributed by atoms with Gasteiger partial charge in [0, 0.05) is 17.8 Å². The van der Waals surface area contributed by atoms with Crippen LogP contribution in [0, 0.1) is 5.41 Å². The Balaban J connectivity index is 1.77. The number of benzene rings is 1. The Labute approximate surface area is 179 Å². The van der Waals surface area contributed by atoms with E-state index in [0.29, 0.717) is 13.2 Å². The maximum Gasteiger partial charge on any atom is 0.313 e. The maximum atomic E-state index is 11.5. The largest absolute Gasteiger partial charge is 0.465 e. The number of ketones is 1. The van der Waals surface area contributed by atoms with Gasteiger partial charge in [-0.05, 0) is 48.6 Å². The molecule has 0 aliphatic rings. The summed E-state index contributed by atoms with van der Waals surface area (Å²) in [7, 11) is 0. The molecule has 0 unspecified atom stereocenters. The van der Waals surface area contributed by atoms with E-state index in [9.17, 15) is 9.59 Å². The van der Waals surface area contributed by atoms with Gasteiger partial charge in [0.05, 0.1) is 19.8 Å². The summed E-state index contributed by atoms with van der Waals surface area (Å²) in [4.78, 5) is 26.6. The molecule has 0 amide bonds. The van der Waals surface area contributed by atoms with Crippen molar-refractivity contribution < 1.29 is 19.1 Å². The van der Waals surface area contributed by atoms with Gasteiger partial charge in [-0.15, -0.1) is 0 Å². The summed E-state index contributed by atoms with van der Waals surface area (Å²) in [5, 5.41) is 0. The quantitative estimate of drug-likeness (QED) is 0.400. The first-order valence-electron chi connectivity index (χ1n) is 10.1. The molecule has 0 atom stereocenters. The molecule has 0 aliphatic heterocycles. The van der Waals surface area contributed by atoms with E-state index in [1.165, 1.54) is 18.1 Å². The number of aromatic nitrogens is 1. The zero-order valence-electron chi connectivity index (χ0n) is 18.3. The molecule has 2 rings (SSSR count). The van der Waals surface area contributed by atoms with E-state index in [1.807, 2.05) is 33.0 Å². The third kappa shape index (κ3) is 9.14. The molecule has 5 nitrogen and oxygen atoms in total. The first-order valence-corrected chi connectivity index (χ1v) is 10.1. The van der Waals surface area contributed by atoms with Gasteiger partial charge in [0.2, 0.25) is 0 Å². The molecule has 0 fully saturated rings. The number of carbonyl (C=O) groups excluding carboxylic acids is 2. The van der Waals surface area contributed by atoms with Crippen molar-refractivity contribution >= 4 is 17.8 Å². The zero-order valence-corrected chi connectivity index (χ0v) is 18.3. The second-order valence-electron chi connectivity index (χ2n) is 8.47. The number of hydrogen-bond acceptors (Lipinski definition) is 5. The van der Waals surface area contributed by atoms with Crippen LogP contribution in [0.2, 0.25) is 0 Å². The fraction of sp³-hybridized carbons (Fsp3) is 0.400. The van der Waals surface area contributed by atoms with E-state index in [0.717, 1.165) is 17.6 Å². The van der Waals surface area contributed by atoms with Crippen LogP contribution in [0.4, 0.5) is 0 Å². The van der Waals surface area contributed by atoms with E-state index in [4.69, 9.17) is 9.47 Å². The summed E-state index contributed by atoms with van der Waals surface area (Å²) in [6, 6.07) is 12.5.